The van der Waals surface area contributed by atoms with Gasteiger partial charge in [0.1, 0.15) is 11.1 Å². The number of thiophene rings is 1. The van der Waals surface area contributed by atoms with Crippen molar-refractivity contribution >= 4 is 45.2 Å². The average Bonchev–Trinajstić information content (AvgIpc) is 2.91. The second kappa shape index (κ2) is 7.06. The van der Waals surface area contributed by atoms with Gasteiger partial charge in [0.15, 0.2) is 0 Å². The molecule has 2 aromatic rings. The third-order valence-corrected chi connectivity index (χ3v) is 7.06. The lowest BCUT2D eigenvalue weighted by molar-refractivity contribution is -0.158. The van der Waals surface area contributed by atoms with Crippen molar-refractivity contribution in [2.24, 2.45) is 5.92 Å². The molecule has 134 valence electrons. The summed E-state index contributed by atoms with van der Waals surface area (Å²) in [4.78, 5) is 13.1. The van der Waals surface area contributed by atoms with Gasteiger partial charge in [-0.1, -0.05) is 37.3 Å². The maximum absolute atomic E-state index is 13.1. The predicted molar refractivity (Wildman–Crippen MR) is 108 cm³/mol. The summed E-state index contributed by atoms with van der Waals surface area (Å²) in [6.07, 6.45) is 0. The first kappa shape index (κ1) is 19.0. The van der Waals surface area contributed by atoms with Crippen LogP contribution in [0.4, 0.5) is 0 Å². The lowest BCUT2D eigenvalue weighted by atomic mass is 10.1. The minimum absolute atomic E-state index is 0.111. The van der Waals surface area contributed by atoms with Crippen LogP contribution in [0.1, 0.15) is 39.2 Å². The van der Waals surface area contributed by atoms with Gasteiger partial charge in [-0.15, -0.1) is 11.3 Å². The van der Waals surface area contributed by atoms with Crippen LogP contribution >= 0.6 is 39.2 Å². The van der Waals surface area contributed by atoms with Gasteiger partial charge in [0.25, 0.3) is 0 Å². The fourth-order valence-corrected chi connectivity index (χ4v) is 5.94. The van der Waals surface area contributed by atoms with Crippen molar-refractivity contribution < 1.29 is 9.53 Å². The number of ether oxygens (including phenoxy) is 1. The van der Waals surface area contributed by atoms with Crippen LogP contribution in [-0.4, -0.2) is 17.1 Å². The van der Waals surface area contributed by atoms with E-state index in [1.165, 1.54) is 17.5 Å². The first-order valence-corrected chi connectivity index (χ1v) is 10.6. The van der Waals surface area contributed by atoms with Crippen LogP contribution < -0.4 is 4.72 Å². The molecule has 1 aromatic heterocycles. The third kappa shape index (κ3) is 3.97. The first-order chi connectivity index (χ1) is 11.7. The molecule has 1 fully saturated rings. The molecular formula is C19H22BrNO2S2. The highest BCUT2D eigenvalue weighted by Crippen LogP contribution is 2.59. The van der Waals surface area contributed by atoms with Crippen molar-refractivity contribution in [2.45, 2.75) is 49.0 Å². The number of carbonyl (C=O) groups is 1. The second-order valence-electron chi connectivity index (χ2n) is 7.31. The van der Waals surface area contributed by atoms with E-state index < -0.39 is 11.1 Å². The first-order valence-electron chi connectivity index (χ1n) is 8.22. The molecule has 3 nitrogen and oxygen atoms in total. The van der Waals surface area contributed by atoms with Crippen LogP contribution in [0.15, 0.2) is 50.5 Å². The number of hydrogen-bond acceptors (Lipinski definition) is 5. The van der Waals surface area contributed by atoms with Crippen LogP contribution in [0.2, 0.25) is 0 Å². The Kier molecular flexibility index (Phi) is 5.36. The molecule has 0 aliphatic heterocycles. The van der Waals surface area contributed by atoms with Gasteiger partial charge in [0.2, 0.25) is 0 Å². The predicted octanol–water partition coefficient (Wildman–Crippen LogP) is 5.62. The Morgan fingerprint density at radius 2 is 1.92 bits per heavy atom. The Morgan fingerprint density at radius 1 is 1.24 bits per heavy atom. The summed E-state index contributed by atoms with van der Waals surface area (Å²) in [6.45, 7) is 7.84. The van der Waals surface area contributed by atoms with E-state index in [2.05, 4.69) is 39.7 Å². The Morgan fingerprint density at radius 3 is 2.48 bits per heavy atom. The van der Waals surface area contributed by atoms with Gasteiger partial charge in [-0.3, -0.25) is 0 Å². The molecule has 6 heteroatoms. The zero-order valence-electron chi connectivity index (χ0n) is 14.7. The van der Waals surface area contributed by atoms with Crippen LogP contribution in [0.5, 0.6) is 0 Å². The van der Waals surface area contributed by atoms with Gasteiger partial charge in [0, 0.05) is 5.92 Å². The van der Waals surface area contributed by atoms with E-state index in [0.29, 0.717) is 0 Å². The molecule has 1 heterocycles. The maximum atomic E-state index is 13.1. The molecule has 3 atom stereocenters. The molecule has 0 saturated heterocycles. The van der Waals surface area contributed by atoms with Crippen molar-refractivity contribution in [1.29, 1.82) is 0 Å². The average molecular weight is 440 g/mol. The van der Waals surface area contributed by atoms with Crippen LogP contribution in [0, 0.1) is 5.92 Å². The lowest BCUT2D eigenvalue weighted by Gasteiger charge is -2.25. The molecule has 1 unspecified atom stereocenters. The van der Waals surface area contributed by atoms with E-state index in [4.69, 9.17) is 4.74 Å². The van der Waals surface area contributed by atoms with Gasteiger partial charge in [0.05, 0.1) is 8.00 Å². The van der Waals surface area contributed by atoms with E-state index in [-0.39, 0.29) is 17.8 Å². The van der Waals surface area contributed by atoms with Crippen molar-refractivity contribution in [3.63, 3.8) is 0 Å². The van der Waals surface area contributed by atoms with Crippen molar-refractivity contribution in [3.8, 4) is 0 Å². The van der Waals surface area contributed by atoms with Gasteiger partial charge >= 0.3 is 5.97 Å². The quantitative estimate of drug-likeness (QED) is 0.484. The molecule has 0 radical (unpaired) electrons. The van der Waals surface area contributed by atoms with E-state index in [1.54, 1.807) is 11.3 Å². The van der Waals surface area contributed by atoms with E-state index in [9.17, 15) is 4.79 Å². The fraction of sp³-hybridized carbons (Fsp3) is 0.421. The summed E-state index contributed by atoms with van der Waals surface area (Å²) in [5.74, 6) is 0.101. The third-order valence-electron chi connectivity index (χ3n) is 4.36. The lowest BCUT2D eigenvalue weighted by Crippen LogP contribution is -2.43. The molecule has 1 aromatic carbocycles. The molecule has 0 spiro atoms. The Labute approximate surface area is 165 Å². The standard InChI is InChI=1S/C19H22BrNO2S2/c1-12-16(13-8-6-5-7-9-13)19(12,17(22)23-18(2,3)4)21-25-15-11-10-14(20)24-15/h5-12,16,21H,1-4H3/t12-,16?,19-/m0/s1. The summed E-state index contributed by atoms with van der Waals surface area (Å²) in [7, 11) is 0. The smallest absolute Gasteiger partial charge is 0.328 e. The Bertz CT molecular complexity index is 756. The molecule has 1 aliphatic carbocycles. The fourth-order valence-electron chi connectivity index (χ4n) is 3.13. The topological polar surface area (TPSA) is 38.3 Å². The van der Waals surface area contributed by atoms with E-state index in [0.717, 1.165) is 8.00 Å². The van der Waals surface area contributed by atoms with E-state index in [1.807, 2.05) is 51.1 Å². The van der Waals surface area contributed by atoms with Gasteiger partial charge in [-0.25, -0.2) is 9.52 Å². The van der Waals surface area contributed by atoms with E-state index >= 15 is 0 Å². The van der Waals surface area contributed by atoms with Crippen LogP contribution in [0.25, 0.3) is 0 Å². The normalized spacial score (nSPS) is 25.6. The summed E-state index contributed by atoms with van der Waals surface area (Å²) < 4.78 is 11.4. The zero-order chi connectivity index (χ0) is 18.2. The number of carbonyl (C=O) groups excluding carboxylic acids is 1. The summed E-state index contributed by atoms with van der Waals surface area (Å²) in [6, 6.07) is 14.3. The number of benzene rings is 1. The number of nitrogens with one attached hydrogen (secondary N) is 1. The Balaban J connectivity index is 1.85. The molecule has 0 bridgehead atoms. The van der Waals surface area contributed by atoms with Crippen molar-refractivity contribution in [2.75, 3.05) is 0 Å². The van der Waals surface area contributed by atoms with Gasteiger partial charge < -0.3 is 4.74 Å². The van der Waals surface area contributed by atoms with Gasteiger partial charge in [-0.2, -0.15) is 0 Å². The molecule has 1 aliphatic rings. The number of rotatable bonds is 5. The number of esters is 1. The maximum Gasteiger partial charge on any atom is 0.328 e. The largest absolute Gasteiger partial charge is 0.459 e. The Hall–Kier alpha value is -0.820. The number of hydrogen-bond donors (Lipinski definition) is 1. The highest BCUT2D eigenvalue weighted by molar-refractivity contribution is 9.11. The van der Waals surface area contributed by atoms with Crippen molar-refractivity contribution in [3.05, 3.63) is 51.8 Å². The molecule has 25 heavy (non-hydrogen) atoms. The van der Waals surface area contributed by atoms with Crippen molar-refractivity contribution in [1.82, 2.24) is 4.72 Å². The summed E-state index contributed by atoms with van der Waals surface area (Å²) in [5, 5.41) is 0. The minimum Gasteiger partial charge on any atom is -0.459 e. The molecule has 1 saturated carbocycles. The monoisotopic (exact) mass is 439 g/mol. The number of halogens is 1. The second-order valence-corrected chi connectivity index (χ2v) is 10.9. The SMILES string of the molecule is C[C@H]1C(c2ccccc2)[C@]1(NSc1ccc(Br)s1)C(=O)OC(C)(C)C. The van der Waals surface area contributed by atoms with Crippen LogP contribution in [0.3, 0.4) is 0 Å². The summed E-state index contributed by atoms with van der Waals surface area (Å²) >= 11 is 6.63. The molecular weight excluding hydrogens is 418 g/mol. The summed E-state index contributed by atoms with van der Waals surface area (Å²) in [5.41, 5.74) is -0.0388. The molecule has 0 amide bonds. The minimum atomic E-state index is -0.699. The molecule has 3 rings (SSSR count). The molecule has 1 N–H and O–H groups in total. The van der Waals surface area contributed by atoms with Crippen LogP contribution in [-0.2, 0) is 9.53 Å². The zero-order valence-corrected chi connectivity index (χ0v) is 17.9. The van der Waals surface area contributed by atoms with Gasteiger partial charge in [-0.05, 0) is 72.3 Å². The highest BCUT2D eigenvalue weighted by Gasteiger charge is 2.69. The highest BCUT2D eigenvalue weighted by atomic mass is 79.9.